The van der Waals surface area contributed by atoms with E-state index < -0.39 is 245 Å². The maximum Gasteiger partial charge on any atom is 0.139 e. The standard InChI is InChI=1S/C44H26O2/c1-2-13-27(14-3-1)28-15-4-5-17-30(28)42-31-18-6-8-20-33(31)43(34-21-9-7-19-32(34)42)35-22-12-24-39-44(35)37-25-36-29-16-10-11-23-38(29)45-40(36)26-41(37)46-39/h1-26H/i1D,2D,3D,4D,5D,6D,7D,8D,9D,10D,11D,12D,13D,14D,15D,16D,17D,18D,19D,20D,21D,22D,23D,24D,25D,26D. The largest absolute Gasteiger partial charge is 0.456 e. The number of hydrogen-bond donors (Lipinski definition) is 0. The van der Waals surface area contributed by atoms with Gasteiger partial charge in [-0.05, 0) is 73.1 Å². The fraction of sp³-hybridized carbons (Fsp3) is 0. The van der Waals surface area contributed by atoms with Crippen molar-refractivity contribution in [1.82, 2.24) is 0 Å². The Balaban J connectivity index is 1.57. The Hall–Kier alpha value is -6.12. The summed E-state index contributed by atoms with van der Waals surface area (Å²) in [7, 11) is 0. The van der Waals surface area contributed by atoms with Crippen molar-refractivity contribution in [2.24, 2.45) is 0 Å². The van der Waals surface area contributed by atoms with Gasteiger partial charge in [-0.15, -0.1) is 0 Å². The molecular weight excluding hydrogens is 560 g/mol. The lowest BCUT2D eigenvalue weighted by atomic mass is 9.83. The zero-order chi connectivity index (χ0) is 52.8. The van der Waals surface area contributed by atoms with Crippen LogP contribution in [0.2, 0.25) is 0 Å². The average molecular weight is 613 g/mol. The van der Waals surface area contributed by atoms with Gasteiger partial charge in [0.2, 0.25) is 0 Å². The molecule has 2 nitrogen and oxygen atoms in total. The van der Waals surface area contributed by atoms with Gasteiger partial charge in [-0.25, -0.2) is 0 Å². The molecule has 0 aliphatic carbocycles. The molecule has 10 aromatic rings. The summed E-state index contributed by atoms with van der Waals surface area (Å²) in [5.74, 6) is 0. The van der Waals surface area contributed by atoms with E-state index in [9.17, 15) is 12.3 Å². The van der Waals surface area contributed by atoms with Crippen LogP contribution in [0.1, 0.15) is 35.6 Å². The number of fused-ring (bicyclic) bond motifs is 8. The van der Waals surface area contributed by atoms with E-state index in [4.69, 9.17) is 32.1 Å². The maximum absolute atomic E-state index is 9.68. The maximum atomic E-state index is 9.68. The highest BCUT2D eigenvalue weighted by Gasteiger charge is 2.22. The van der Waals surface area contributed by atoms with Crippen molar-refractivity contribution in [1.29, 1.82) is 0 Å². The minimum Gasteiger partial charge on any atom is -0.456 e. The molecular formula is C44H26O2. The molecule has 0 aliphatic rings. The zero-order valence-corrected chi connectivity index (χ0v) is 22.8. The van der Waals surface area contributed by atoms with Crippen molar-refractivity contribution in [2.45, 2.75) is 0 Å². The molecule has 0 fully saturated rings. The Bertz CT molecular complexity index is 4180. The molecule has 0 unspecified atom stereocenters. The Morgan fingerprint density at radius 3 is 1.54 bits per heavy atom. The fourth-order valence-corrected chi connectivity index (χ4v) is 5.81. The summed E-state index contributed by atoms with van der Waals surface area (Å²) in [4.78, 5) is 0. The summed E-state index contributed by atoms with van der Waals surface area (Å²) in [5.41, 5.74) is -6.74. The average Bonchev–Trinajstić information content (AvgIpc) is 3.97. The number of furan rings is 2. The Kier molecular flexibility index (Phi) is 2.26. The summed E-state index contributed by atoms with van der Waals surface area (Å²) in [6.07, 6.45) is 0. The molecule has 0 saturated carbocycles. The zero-order valence-electron chi connectivity index (χ0n) is 48.8. The van der Waals surface area contributed by atoms with Gasteiger partial charge in [0, 0.05) is 27.6 Å². The van der Waals surface area contributed by atoms with Crippen LogP contribution >= 0.6 is 0 Å². The highest BCUT2D eigenvalue weighted by molar-refractivity contribution is 6.27. The molecule has 0 atom stereocenters. The fourth-order valence-electron chi connectivity index (χ4n) is 5.81. The van der Waals surface area contributed by atoms with Crippen molar-refractivity contribution >= 4 is 65.4 Å². The number of para-hydroxylation sites is 1. The van der Waals surface area contributed by atoms with Crippen LogP contribution in [0.25, 0.3) is 98.8 Å². The quantitative estimate of drug-likeness (QED) is 0.186. The van der Waals surface area contributed by atoms with Gasteiger partial charge in [0.1, 0.15) is 22.3 Å². The van der Waals surface area contributed by atoms with Crippen molar-refractivity contribution in [3.05, 3.63) is 157 Å². The summed E-state index contributed by atoms with van der Waals surface area (Å²) in [6.45, 7) is 0. The molecule has 0 N–H and O–H groups in total. The topological polar surface area (TPSA) is 26.3 Å². The highest BCUT2D eigenvalue weighted by atomic mass is 16.3. The lowest BCUT2D eigenvalue weighted by molar-refractivity contribution is 0.656. The van der Waals surface area contributed by atoms with E-state index in [2.05, 4.69) is 0 Å². The molecule has 0 spiro atoms. The van der Waals surface area contributed by atoms with Crippen LogP contribution in [0.15, 0.2) is 166 Å². The van der Waals surface area contributed by atoms with Crippen LogP contribution in [0.4, 0.5) is 0 Å². The first-order chi connectivity index (χ1) is 33.6. The molecule has 2 heterocycles. The molecule has 2 aromatic heterocycles. The van der Waals surface area contributed by atoms with Gasteiger partial charge in [-0.1, -0.05) is 133 Å². The monoisotopic (exact) mass is 612 g/mol. The predicted molar refractivity (Wildman–Crippen MR) is 192 cm³/mol. The molecule has 0 aliphatic heterocycles. The van der Waals surface area contributed by atoms with Crippen LogP contribution in [-0.4, -0.2) is 0 Å². The minimum absolute atomic E-state index is 0.354. The van der Waals surface area contributed by atoms with E-state index in [1.165, 1.54) is 0 Å². The summed E-state index contributed by atoms with van der Waals surface area (Å²) in [5, 5.41) is -4.71. The molecule has 10 rings (SSSR count). The van der Waals surface area contributed by atoms with Gasteiger partial charge in [0.15, 0.2) is 0 Å². The molecule has 0 bridgehead atoms. The predicted octanol–water partition coefficient (Wildman–Crippen LogP) is 12.8. The molecule has 2 heteroatoms. The van der Waals surface area contributed by atoms with Crippen molar-refractivity contribution < 1.29 is 44.5 Å². The van der Waals surface area contributed by atoms with E-state index in [0.29, 0.717) is 0 Å². The molecule has 46 heavy (non-hydrogen) atoms. The smallest absolute Gasteiger partial charge is 0.139 e. The molecule has 0 amide bonds. The minimum atomic E-state index is -1.06. The summed E-state index contributed by atoms with van der Waals surface area (Å²) in [6, 6.07) is -23.8. The van der Waals surface area contributed by atoms with Crippen LogP contribution in [0.3, 0.4) is 0 Å². The second kappa shape index (κ2) is 9.69. The third-order valence-electron chi connectivity index (χ3n) is 7.65. The van der Waals surface area contributed by atoms with E-state index in [1.807, 2.05) is 0 Å². The summed E-state index contributed by atoms with van der Waals surface area (Å²) >= 11 is 0. The van der Waals surface area contributed by atoms with Crippen LogP contribution in [0, 0.1) is 0 Å². The van der Waals surface area contributed by atoms with Gasteiger partial charge < -0.3 is 8.83 Å². The Morgan fingerprint density at radius 2 is 0.826 bits per heavy atom. The Labute approximate surface area is 301 Å². The molecule has 0 saturated heterocycles. The molecule has 214 valence electrons. The second-order valence-corrected chi connectivity index (χ2v) is 10.0. The number of benzene rings is 8. The van der Waals surface area contributed by atoms with E-state index in [-0.39, 0.29) is 10.8 Å². The SMILES string of the molecule is [2H]c1c([2H])c([2H])c(-c2c([2H])c([2H])c([2H])c([2H])c2-c2c3c([2H])c([2H])c([2H])c([2H])c3c(-c3c([2H])c([2H])c([2H])c4oc5c([2H])c6oc7c([2H])c([2H])c([2H])c([2H])c7c6c([2H])c5c34)c3c([2H])c([2H])c([2H])c([2H])c23)c([2H])c1[2H]. The highest BCUT2D eigenvalue weighted by Crippen LogP contribution is 2.48. The van der Waals surface area contributed by atoms with Crippen LogP contribution in [0.5, 0.6) is 0 Å². The molecule has 8 aromatic carbocycles. The van der Waals surface area contributed by atoms with E-state index in [0.717, 1.165) is 0 Å². The third kappa shape index (κ3) is 3.59. The molecule has 0 radical (unpaired) electrons. The lowest BCUT2D eigenvalue weighted by Gasteiger charge is -2.20. The third-order valence-corrected chi connectivity index (χ3v) is 7.65. The first kappa shape index (κ1) is 10.8. The first-order valence-electron chi connectivity index (χ1n) is 26.6. The van der Waals surface area contributed by atoms with Gasteiger partial charge in [0.05, 0.1) is 35.6 Å². The van der Waals surface area contributed by atoms with Gasteiger partial charge in [-0.2, -0.15) is 0 Å². The van der Waals surface area contributed by atoms with Crippen LogP contribution < -0.4 is 0 Å². The van der Waals surface area contributed by atoms with Crippen molar-refractivity contribution in [3.63, 3.8) is 0 Å². The second-order valence-electron chi connectivity index (χ2n) is 10.0. The van der Waals surface area contributed by atoms with Gasteiger partial charge in [-0.3, -0.25) is 0 Å². The van der Waals surface area contributed by atoms with Gasteiger partial charge >= 0.3 is 0 Å². The normalized spacial score (nSPS) is 19.8. The van der Waals surface area contributed by atoms with Crippen molar-refractivity contribution in [3.8, 4) is 33.4 Å². The van der Waals surface area contributed by atoms with E-state index >= 15 is 0 Å². The van der Waals surface area contributed by atoms with Gasteiger partial charge in [0.25, 0.3) is 0 Å². The number of rotatable bonds is 3. The lowest BCUT2D eigenvalue weighted by Crippen LogP contribution is -1.93. The number of hydrogen-bond acceptors (Lipinski definition) is 2. The Morgan fingerprint density at radius 1 is 0.326 bits per heavy atom. The van der Waals surface area contributed by atoms with Crippen LogP contribution in [-0.2, 0) is 0 Å². The first-order valence-corrected chi connectivity index (χ1v) is 13.6. The van der Waals surface area contributed by atoms with E-state index in [1.54, 1.807) is 0 Å². The van der Waals surface area contributed by atoms with Crippen molar-refractivity contribution in [2.75, 3.05) is 0 Å². The summed E-state index contributed by atoms with van der Waals surface area (Å²) < 4.78 is 246.